The number of anilines is 1. The van der Waals surface area contributed by atoms with Crippen molar-refractivity contribution in [2.75, 3.05) is 37.8 Å². The van der Waals surface area contributed by atoms with Crippen LogP contribution >= 0.6 is 0 Å². The molecule has 4 nitrogen and oxygen atoms in total. The summed E-state index contributed by atoms with van der Waals surface area (Å²) < 4.78 is 11.4. The molecule has 2 aliphatic rings. The molecule has 0 spiro atoms. The Morgan fingerprint density at radius 2 is 2.00 bits per heavy atom. The summed E-state index contributed by atoms with van der Waals surface area (Å²) in [5.41, 5.74) is 4.20. The number of benzene rings is 1. The predicted octanol–water partition coefficient (Wildman–Crippen LogP) is 2.67. The van der Waals surface area contributed by atoms with Crippen LogP contribution in [0.4, 0.5) is 5.69 Å². The van der Waals surface area contributed by atoms with Gasteiger partial charge in [-0.3, -0.25) is 0 Å². The molecule has 1 aromatic rings. The highest BCUT2D eigenvalue weighted by molar-refractivity contribution is 5.56. The summed E-state index contributed by atoms with van der Waals surface area (Å²) in [5, 5.41) is 3.77. The van der Waals surface area contributed by atoms with Crippen LogP contribution in [0.2, 0.25) is 0 Å². The van der Waals surface area contributed by atoms with Gasteiger partial charge < -0.3 is 19.7 Å². The minimum atomic E-state index is 0.219. The summed E-state index contributed by atoms with van der Waals surface area (Å²) >= 11 is 0. The largest absolute Gasteiger partial charge is 0.377 e. The molecule has 23 heavy (non-hydrogen) atoms. The van der Waals surface area contributed by atoms with Gasteiger partial charge in [0, 0.05) is 31.4 Å². The van der Waals surface area contributed by atoms with E-state index in [-0.39, 0.29) is 6.10 Å². The van der Waals surface area contributed by atoms with Gasteiger partial charge in [-0.2, -0.15) is 0 Å². The number of nitrogens with one attached hydrogen (secondary N) is 1. The number of ether oxygens (including phenoxy) is 2. The molecule has 2 saturated heterocycles. The van der Waals surface area contributed by atoms with Crippen LogP contribution in [0.25, 0.3) is 0 Å². The Kier molecular flexibility index (Phi) is 5.57. The highest BCUT2D eigenvalue weighted by Crippen LogP contribution is 2.26. The molecule has 2 fully saturated rings. The van der Waals surface area contributed by atoms with Crippen LogP contribution in [0, 0.1) is 13.8 Å². The molecular weight excluding hydrogens is 288 g/mol. The van der Waals surface area contributed by atoms with Gasteiger partial charge in [0.05, 0.1) is 25.4 Å². The molecule has 4 heteroatoms. The fraction of sp³-hybridized carbons (Fsp3) is 0.684. The first-order chi connectivity index (χ1) is 11.2. The van der Waals surface area contributed by atoms with Gasteiger partial charge in [-0.05, 0) is 50.8 Å². The standard InChI is InChI=1S/C19H30N2O2/c1-4-23-19-13-22-12-17(19)20-16-8-10-21(11-9-16)18-7-5-6-14(2)15(18)3/h5-7,16-17,19-20H,4,8-13H2,1-3H3/t17-,19-/m1/s1. The number of hydrogen-bond acceptors (Lipinski definition) is 4. The molecule has 0 bridgehead atoms. The second-order valence-corrected chi connectivity index (χ2v) is 6.78. The molecule has 2 heterocycles. The summed E-state index contributed by atoms with van der Waals surface area (Å²) in [6, 6.07) is 7.55. The fourth-order valence-corrected chi connectivity index (χ4v) is 3.74. The topological polar surface area (TPSA) is 33.7 Å². The fourth-order valence-electron chi connectivity index (χ4n) is 3.74. The first-order valence-corrected chi connectivity index (χ1v) is 8.95. The second-order valence-electron chi connectivity index (χ2n) is 6.78. The molecule has 0 aromatic heterocycles. The van der Waals surface area contributed by atoms with Crippen LogP contribution in [-0.2, 0) is 9.47 Å². The van der Waals surface area contributed by atoms with Crippen molar-refractivity contribution in [2.24, 2.45) is 0 Å². The van der Waals surface area contributed by atoms with Crippen molar-refractivity contribution in [2.45, 2.75) is 51.8 Å². The van der Waals surface area contributed by atoms with Crippen molar-refractivity contribution in [3.8, 4) is 0 Å². The molecule has 128 valence electrons. The lowest BCUT2D eigenvalue weighted by molar-refractivity contribution is 0.0392. The van der Waals surface area contributed by atoms with E-state index in [1.807, 2.05) is 0 Å². The minimum absolute atomic E-state index is 0.219. The molecule has 1 N–H and O–H groups in total. The summed E-state index contributed by atoms with van der Waals surface area (Å²) in [6.45, 7) is 11.0. The zero-order chi connectivity index (χ0) is 16.2. The Balaban J connectivity index is 1.53. The number of piperidine rings is 1. The molecule has 0 aliphatic carbocycles. The van der Waals surface area contributed by atoms with Crippen molar-refractivity contribution >= 4 is 5.69 Å². The summed E-state index contributed by atoms with van der Waals surface area (Å²) in [6.07, 6.45) is 2.59. The lowest BCUT2D eigenvalue weighted by Gasteiger charge is -2.36. The Labute approximate surface area is 140 Å². The normalized spacial score (nSPS) is 26.0. The molecule has 2 atom stereocenters. The summed E-state index contributed by atoms with van der Waals surface area (Å²) in [7, 11) is 0. The zero-order valence-corrected chi connectivity index (χ0v) is 14.7. The highest BCUT2D eigenvalue weighted by atomic mass is 16.5. The SMILES string of the molecule is CCO[C@@H]1COC[C@H]1NC1CCN(c2cccc(C)c2C)CC1. The van der Waals surface area contributed by atoms with Gasteiger partial charge in [0.2, 0.25) is 0 Å². The third-order valence-electron chi connectivity index (χ3n) is 5.27. The van der Waals surface area contributed by atoms with Crippen LogP contribution in [0.1, 0.15) is 30.9 Å². The average Bonchev–Trinajstić information content (AvgIpc) is 2.98. The van der Waals surface area contributed by atoms with Crippen LogP contribution < -0.4 is 10.2 Å². The molecule has 0 unspecified atom stereocenters. The molecule has 0 amide bonds. The van der Waals surface area contributed by atoms with E-state index in [0.29, 0.717) is 12.1 Å². The van der Waals surface area contributed by atoms with E-state index in [2.05, 4.69) is 49.2 Å². The molecule has 0 saturated carbocycles. The average molecular weight is 318 g/mol. The van der Waals surface area contributed by atoms with Gasteiger partial charge in [-0.15, -0.1) is 0 Å². The van der Waals surface area contributed by atoms with Crippen LogP contribution in [0.5, 0.6) is 0 Å². The van der Waals surface area contributed by atoms with Gasteiger partial charge in [0.15, 0.2) is 0 Å². The van der Waals surface area contributed by atoms with E-state index >= 15 is 0 Å². The van der Waals surface area contributed by atoms with E-state index in [4.69, 9.17) is 9.47 Å². The lowest BCUT2D eigenvalue weighted by atomic mass is 10.0. The Hall–Kier alpha value is -1.10. The number of hydrogen-bond donors (Lipinski definition) is 1. The van der Waals surface area contributed by atoms with Crippen molar-refractivity contribution in [3.63, 3.8) is 0 Å². The molecular formula is C19H30N2O2. The van der Waals surface area contributed by atoms with E-state index in [1.54, 1.807) is 0 Å². The maximum atomic E-state index is 5.78. The monoisotopic (exact) mass is 318 g/mol. The smallest absolute Gasteiger partial charge is 0.0983 e. The Bertz CT molecular complexity index is 512. The molecule has 2 aliphatic heterocycles. The number of rotatable bonds is 5. The third kappa shape index (κ3) is 3.87. The van der Waals surface area contributed by atoms with E-state index in [1.165, 1.54) is 29.7 Å². The van der Waals surface area contributed by atoms with E-state index in [9.17, 15) is 0 Å². The lowest BCUT2D eigenvalue weighted by Crippen LogP contribution is -2.50. The van der Waals surface area contributed by atoms with Crippen molar-refractivity contribution in [1.82, 2.24) is 5.32 Å². The van der Waals surface area contributed by atoms with Crippen molar-refractivity contribution in [3.05, 3.63) is 29.3 Å². The van der Waals surface area contributed by atoms with Gasteiger partial charge in [0.25, 0.3) is 0 Å². The first kappa shape index (κ1) is 16.7. The zero-order valence-electron chi connectivity index (χ0n) is 14.7. The molecule has 3 rings (SSSR count). The summed E-state index contributed by atoms with van der Waals surface area (Å²) in [5.74, 6) is 0. The number of nitrogens with zero attached hydrogens (tertiary/aromatic N) is 1. The van der Waals surface area contributed by atoms with Crippen molar-refractivity contribution in [1.29, 1.82) is 0 Å². The number of aryl methyl sites for hydroxylation is 1. The van der Waals surface area contributed by atoms with Gasteiger partial charge >= 0.3 is 0 Å². The minimum Gasteiger partial charge on any atom is -0.377 e. The quantitative estimate of drug-likeness (QED) is 0.905. The Morgan fingerprint density at radius 3 is 2.74 bits per heavy atom. The van der Waals surface area contributed by atoms with Gasteiger partial charge in [-0.25, -0.2) is 0 Å². The van der Waals surface area contributed by atoms with Crippen LogP contribution in [0.15, 0.2) is 18.2 Å². The first-order valence-electron chi connectivity index (χ1n) is 8.95. The van der Waals surface area contributed by atoms with Crippen LogP contribution in [-0.4, -0.2) is 51.1 Å². The Morgan fingerprint density at radius 1 is 1.22 bits per heavy atom. The highest BCUT2D eigenvalue weighted by Gasteiger charge is 2.31. The molecule has 1 aromatic carbocycles. The molecule has 0 radical (unpaired) electrons. The maximum absolute atomic E-state index is 5.78. The van der Waals surface area contributed by atoms with E-state index in [0.717, 1.165) is 32.9 Å². The van der Waals surface area contributed by atoms with Crippen LogP contribution in [0.3, 0.4) is 0 Å². The second kappa shape index (κ2) is 7.65. The maximum Gasteiger partial charge on any atom is 0.0983 e. The predicted molar refractivity (Wildman–Crippen MR) is 94.3 cm³/mol. The third-order valence-corrected chi connectivity index (χ3v) is 5.27. The van der Waals surface area contributed by atoms with Gasteiger partial charge in [-0.1, -0.05) is 12.1 Å². The van der Waals surface area contributed by atoms with Crippen molar-refractivity contribution < 1.29 is 9.47 Å². The van der Waals surface area contributed by atoms with Gasteiger partial charge in [0.1, 0.15) is 0 Å². The summed E-state index contributed by atoms with van der Waals surface area (Å²) in [4.78, 5) is 2.53. The van der Waals surface area contributed by atoms with E-state index < -0.39 is 0 Å².